The Kier molecular flexibility index (Phi) is 4.30. The molecule has 0 saturated carbocycles. The summed E-state index contributed by atoms with van der Waals surface area (Å²) in [7, 11) is 0. The van der Waals surface area contributed by atoms with Gasteiger partial charge in [-0.25, -0.2) is 9.18 Å². The van der Waals surface area contributed by atoms with E-state index in [0.717, 1.165) is 10.5 Å². The van der Waals surface area contributed by atoms with Crippen molar-refractivity contribution in [2.45, 2.75) is 25.5 Å². The summed E-state index contributed by atoms with van der Waals surface area (Å²) in [6, 6.07) is 12.4. The number of benzene rings is 2. The summed E-state index contributed by atoms with van der Waals surface area (Å²) in [6.07, 6.45) is -1.30. The molecule has 3 amide bonds. The maximum Gasteiger partial charge on any atom is 0.325 e. The largest absolute Gasteiger partial charge is 0.386 e. The van der Waals surface area contributed by atoms with Crippen molar-refractivity contribution in [1.82, 2.24) is 10.2 Å². The van der Waals surface area contributed by atoms with Crippen LogP contribution in [0, 0.1) is 12.7 Å². The number of rotatable bonds is 4. The van der Waals surface area contributed by atoms with E-state index in [9.17, 15) is 19.1 Å². The van der Waals surface area contributed by atoms with E-state index < -0.39 is 29.4 Å². The number of amides is 3. The Morgan fingerprint density at radius 2 is 1.80 bits per heavy atom. The lowest BCUT2D eigenvalue weighted by Crippen LogP contribution is -2.41. The van der Waals surface area contributed by atoms with Crippen molar-refractivity contribution in [3.05, 3.63) is 71.0 Å². The molecule has 25 heavy (non-hydrogen) atoms. The fourth-order valence-electron chi connectivity index (χ4n) is 2.96. The van der Waals surface area contributed by atoms with Crippen molar-refractivity contribution in [2.24, 2.45) is 0 Å². The highest BCUT2D eigenvalue weighted by Gasteiger charge is 2.49. The maximum absolute atomic E-state index is 13.8. The minimum absolute atomic E-state index is 0.0482. The number of carbonyl (C=O) groups excluding carboxylic acids is 2. The fourth-order valence-corrected chi connectivity index (χ4v) is 2.96. The number of urea groups is 1. The van der Waals surface area contributed by atoms with Crippen LogP contribution in [0.25, 0.3) is 0 Å². The summed E-state index contributed by atoms with van der Waals surface area (Å²) in [5.41, 5.74) is 0.530. The highest BCUT2D eigenvalue weighted by molar-refractivity contribution is 6.07. The molecule has 2 atom stereocenters. The van der Waals surface area contributed by atoms with Gasteiger partial charge in [-0.3, -0.25) is 9.69 Å². The third-order valence-electron chi connectivity index (χ3n) is 4.52. The first-order valence-electron chi connectivity index (χ1n) is 7.96. The van der Waals surface area contributed by atoms with E-state index in [1.807, 2.05) is 19.1 Å². The average Bonchev–Trinajstić information content (AvgIpc) is 2.80. The number of hydrogen-bond donors (Lipinski definition) is 2. The van der Waals surface area contributed by atoms with Crippen molar-refractivity contribution in [1.29, 1.82) is 0 Å². The second-order valence-corrected chi connectivity index (χ2v) is 6.37. The lowest BCUT2D eigenvalue weighted by molar-refractivity contribution is -0.132. The van der Waals surface area contributed by atoms with Gasteiger partial charge >= 0.3 is 6.03 Å². The Bertz CT molecular complexity index is 822. The number of nitrogens with zero attached hydrogens (tertiary/aromatic N) is 1. The number of hydrogen-bond acceptors (Lipinski definition) is 3. The summed E-state index contributed by atoms with van der Waals surface area (Å²) in [5, 5.41) is 12.9. The molecule has 2 aromatic carbocycles. The zero-order valence-electron chi connectivity index (χ0n) is 14.0. The number of aliphatic hydroxyl groups is 1. The normalized spacial score (nSPS) is 21.4. The van der Waals surface area contributed by atoms with E-state index >= 15 is 0 Å². The number of carbonyl (C=O) groups is 2. The van der Waals surface area contributed by atoms with Crippen LogP contribution in [0.15, 0.2) is 48.5 Å². The fraction of sp³-hybridized carbons (Fsp3) is 0.263. The minimum atomic E-state index is -1.30. The zero-order chi connectivity index (χ0) is 18.2. The van der Waals surface area contributed by atoms with Gasteiger partial charge in [-0.15, -0.1) is 0 Å². The number of imide groups is 1. The van der Waals surface area contributed by atoms with Gasteiger partial charge in [0, 0.05) is 5.56 Å². The summed E-state index contributed by atoms with van der Waals surface area (Å²) < 4.78 is 13.8. The number of β-amino-alcohol motifs (C(OH)–C–C–N with tert-alkyl or cyclic N) is 1. The van der Waals surface area contributed by atoms with Gasteiger partial charge in [0.05, 0.1) is 12.6 Å². The van der Waals surface area contributed by atoms with Crippen molar-refractivity contribution < 1.29 is 19.1 Å². The van der Waals surface area contributed by atoms with Gasteiger partial charge in [-0.1, -0.05) is 48.0 Å². The molecular weight excluding hydrogens is 323 g/mol. The van der Waals surface area contributed by atoms with Gasteiger partial charge in [-0.05, 0) is 25.5 Å². The monoisotopic (exact) mass is 342 g/mol. The van der Waals surface area contributed by atoms with Crippen LogP contribution in [-0.2, 0) is 10.3 Å². The molecule has 1 heterocycles. The number of aliphatic hydroxyl groups excluding tert-OH is 1. The molecule has 0 aromatic heterocycles. The van der Waals surface area contributed by atoms with Gasteiger partial charge in [0.1, 0.15) is 11.4 Å². The van der Waals surface area contributed by atoms with Crippen LogP contribution in [0.3, 0.4) is 0 Å². The quantitative estimate of drug-likeness (QED) is 0.839. The van der Waals surface area contributed by atoms with Gasteiger partial charge in [0.25, 0.3) is 5.91 Å². The maximum atomic E-state index is 13.8. The standard InChI is InChI=1S/C19H19FN2O3/c1-12-7-9-13(10-8-12)19(2)17(24)22(18(25)21-19)11-16(23)14-5-3-4-6-15(14)20/h3-10,16,23H,11H2,1-2H3,(H,21,25)/t16-,19+/m1/s1. The molecule has 130 valence electrons. The van der Waals surface area contributed by atoms with Crippen LogP contribution < -0.4 is 5.32 Å². The number of halogens is 1. The number of nitrogens with one attached hydrogen (secondary N) is 1. The molecule has 1 fully saturated rings. The third-order valence-corrected chi connectivity index (χ3v) is 4.52. The Hall–Kier alpha value is -2.73. The second-order valence-electron chi connectivity index (χ2n) is 6.37. The van der Waals surface area contributed by atoms with Crippen molar-refractivity contribution in [3.8, 4) is 0 Å². The SMILES string of the molecule is Cc1ccc([C@]2(C)NC(=O)N(C[C@@H](O)c3ccccc3F)C2=O)cc1. The van der Waals surface area contributed by atoms with Gasteiger partial charge in [0.15, 0.2) is 0 Å². The number of aryl methyl sites for hydroxylation is 1. The molecule has 2 N–H and O–H groups in total. The molecule has 1 aliphatic heterocycles. The highest BCUT2D eigenvalue weighted by Crippen LogP contribution is 2.30. The smallest absolute Gasteiger partial charge is 0.325 e. The highest BCUT2D eigenvalue weighted by atomic mass is 19.1. The zero-order valence-corrected chi connectivity index (χ0v) is 14.0. The molecule has 5 nitrogen and oxygen atoms in total. The van der Waals surface area contributed by atoms with Crippen LogP contribution in [0.2, 0.25) is 0 Å². The third kappa shape index (κ3) is 3.00. The van der Waals surface area contributed by atoms with Gasteiger partial charge in [-0.2, -0.15) is 0 Å². The first-order chi connectivity index (χ1) is 11.8. The predicted molar refractivity (Wildman–Crippen MR) is 90.1 cm³/mol. The van der Waals surface area contributed by atoms with Crippen LogP contribution in [0.5, 0.6) is 0 Å². The molecule has 1 saturated heterocycles. The van der Waals surface area contributed by atoms with Gasteiger partial charge < -0.3 is 10.4 Å². The summed E-state index contributed by atoms with van der Waals surface area (Å²) in [4.78, 5) is 26.0. The molecular formula is C19H19FN2O3. The first kappa shape index (κ1) is 17.1. The van der Waals surface area contributed by atoms with Crippen molar-refractivity contribution >= 4 is 11.9 Å². The Labute approximate surface area is 145 Å². The minimum Gasteiger partial charge on any atom is -0.386 e. The summed E-state index contributed by atoms with van der Waals surface area (Å²) in [5.74, 6) is -1.06. The van der Waals surface area contributed by atoms with E-state index in [1.165, 1.54) is 18.2 Å². The van der Waals surface area contributed by atoms with E-state index in [4.69, 9.17) is 0 Å². The Morgan fingerprint density at radius 3 is 2.44 bits per heavy atom. The molecule has 0 unspecified atom stereocenters. The molecule has 0 aliphatic carbocycles. The van der Waals surface area contributed by atoms with E-state index in [0.29, 0.717) is 5.56 Å². The lowest BCUT2D eigenvalue weighted by Gasteiger charge is -2.23. The second kappa shape index (κ2) is 6.29. The average molecular weight is 342 g/mol. The Morgan fingerprint density at radius 1 is 1.16 bits per heavy atom. The van der Waals surface area contributed by atoms with Crippen LogP contribution in [0.1, 0.15) is 29.7 Å². The molecule has 0 radical (unpaired) electrons. The van der Waals surface area contributed by atoms with Crippen LogP contribution >= 0.6 is 0 Å². The van der Waals surface area contributed by atoms with Gasteiger partial charge in [0.2, 0.25) is 0 Å². The van der Waals surface area contributed by atoms with E-state index in [2.05, 4.69) is 5.32 Å². The molecule has 3 rings (SSSR count). The van der Waals surface area contributed by atoms with Crippen molar-refractivity contribution in [3.63, 3.8) is 0 Å². The van der Waals surface area contributed by atoms with Crippen LogP contribution in [-0.4, -0.2) is 28.5 Å². The lowest BCUT2D eigenvalue weighted by atomic mass is 9.91. The summed E-state index contributed by atoms with van der Waals surface area (Å²) >= 11 is 0. The van der Waals surface area contributed by atoms with E-state index in [-0.39, 0.29) is 12.1 Å². The first-order valence-corrected chi connectivity index (χ1v) is 7.96. The van der Waals surface area contributed by atoms with Crippen LogP contribution in [0.4, 0.5) is 9.18 Å². The molecule has 0 spiro atoms. The van der Waals surface area contributed by atoms with E-state index in [1.54, 1.807) is 25.1 Å². The predicted octanol–water partition coefficient (Wildman–Crippen LogP) is 2.63. The Balaban J connectivity index is 1.84. The molecule has 6 heteroatoms. The topological polar surface area (TPSA) is 69.6 Å². The molecule has 1 aliphatic rings. The van der Waals surface area contributed by atoms with Crippen molar-refractivity contribution in [2.75, 3.05) is 6.54 Å². The molecule has 0 bridgehead atoms. The summed E-state index contributed by atoms with van der Waals surface area (Å²) in [6.45, 7) is 3.23. The molecule has 2 aromatic rings.